The molecule has 0 fully saturated rings. The zero-order valence-corrected chi connectivity index (χ0v) is 17.3. The quantitative estimate of drug-likeness (QED) is 0.499. The number of hydrogen-bond acceptors (Lipinski definition) is 7. The van der Waals surface area contributed by atoms with E-state index in [4.69, 9.17) is 9.47 Å². The van der Waals surface area contributed by atoms with Crippen LogP contribution < -0.4 is 9.47 Å². The molecule has 4 aromatic rings. The number of nitrogens with one attached hydrogen (secondary N) is 1. The minimum absolute atomic E-state index is 0.00573. The summed E-state index contributed by atoms with van der Waals surface area (Å²) in [5, 5.41) is 1.47. The van der Waals surface area contributed by atoms with Crippen LogP contribution in [0.15, 0.2) is 69.6 Å². The summed E-state index contributed by atoms with van der Waals surface area (Å²) >= 11 is 1.05. The Balaban J connectivity index is 1.88. The largest absolute Gasteiger partial charge is 0.497 e. The Labute approximate surface area is 171 Å². The van der Waals surface area contributed by atoms with Gasteiger partial charge in [0.05, 0.1) is 25.6 Å². The van der Waals surface area contributed by atoms with E-state index >= 15 is 0 Å². The Morgan fingerprint density at radius 2 is 1.48 bits per heavy atom. The van der Waals surface area contributed by atoms with Crippen LogP contribution in [0.25, 0.3) is 22.5 Å². The average Bonchev–Trinajstić information content (AvgIpc) is 3.45. The molecule has 2 aromatic heterocycles. The van der Waals surface area contributed by atoms with E-state index < -0.39 is 9.84 Å². The van der Waals surface area contributed by atoms with Crippen molar-refractivity contribution in [2.75, 3.05) is 14.2 Å². The highest BCUT2D eigenvalue weighted by Gasteiger charge is 2.27. The molecule has 29 heavy (non-hydrogen) atoms. The molecule has 7 nitrogen and oxygen atoms in total. The summed E-state index contributed by atoms with van der Waals surface area (Å²) in [5.74, 6) is 1.40. The standard InChI is InChI=1S/C20H17N3O4S2/c1-26-15-7-3-13(4-8-15)17-18(14-5-9-16(27-2)10-6-14)23-19(22-17)29(24,25)20-21-11-12-28-20/h3-12H,1-2H3,(H,22,23). The second-order valence-electron chi connectivity index (χ2n) is 6.02. The second kappa shape index (κ2) is 7.69. The van der Waals surface area contributed by atoms with Gasteiger partial charge >= 0.3 is 0 Å². The summed E-state index contributed by atoms with van der Waals surface area (Å²) in [5.41, 5.74) is 2.65. The molecule has 4 rings (SSSR count). The van der Waals surface area contributed by atoms with Gasteiger partial charge in [0.1, 0.15) is 11.5 Å². The summed E-state index contributed by atoms with van der Waals surface area (Å²) in [7, 11) is -0.669. The number of H-pyrrole nitrogens is 1. The zero-order valence-electron chi connectivity index (χ0n) is 15.6. The topological polar surface area (TPSA) is 94.2 Å². The molecule has 0 bridgehead atoms. The van der Waals surface area contributed by atoms with E-state index in [1.54, 1.807) is 31.7 Å². The van der Waals surface area contributed by atoms with Gasteiger partial charge in [0.2, 0.25) is 9.50 Å². The number of methoxy groups -OCH3 is 2. The van der Waals surface area contributed by atoms with Crippen molar-refractivity contribution in [1.29, 1.82) is 0 Å². The van der Waals surface area contributed by atoms with E-state index in [-0.39, 0.29) is 9.50 Å². The lowest BCUT2D eigenvalue weighted by atomic mass is 10.0. The van der Waals surface area contributed by atoms with Crippen molar-refractivity contribution < 1.29 is 17.9 Å². The number of thiazole rings is 1. The number of hydrogen-bond donors (Lipinski definition) is 1. The number of imidazole rings is 1. The number of aromatic amines is 1. The predicted octanol–water partition coefficient (Wildman–Crippen LogP) is 4.05. The van der Waals surface area contributed by atoms with E-state index in [0.29, 0.717) is 22.9 Å². The third-order valence-corrected chi connectivity index (χ3v) is 7.10. The molecule has 9 heteroatoms. The van der Waals surface area contributed by atoms with Crippen molar-refractivity contribution in [2.24, 2.45) is 0 Å². The first kappa shape index (κ1) is 19.2. The first-order valence-corrected chi connectivity index (χ1v) is 10.9. The molecule has 0 saturated carbocycles. The number of aromatic nitrogens is 3. The van der Waals surface area contributed by atoms with Crippen LogP contribution in [0.2, 0.25) is 0 Å². The molecule has 0 atom stereocenters. The van der Waals surface area contributed by atoms with Gasteiger partial charge in [0.25, 0.3) is 9.84 Å². The van der Waals surface area contributed by atoms with Crippen LogP contribution >= 0.6 is 11.3 Å². The third-order valence-electron chi connectivity index (χ3n) is 4.32. The second-order valence-corrected chi connectivity index (χ2v) is 8.96. The number of sulfone groups is 1. The lowest BCUT2D eigenvalue weighted by Gasteiger charge is -2.06. The van der Waals surface area contributed by atoms with Crippen molar-refractivity contribution in [3.8, 4) is 34.0 Å². The zero-order chi connectivity index (χ0) is 20.4. The van der Waals surface area contributed by atoms with Gasteiger partial charge < -0.3 is 14.5 Å². The van der Waals surface area contributed by atoms with Crippen LogP contribution in [0.3, 0.4) is 0 Å². The number of benzene rings is 2. The molecule has 0 aliphatic heterocycles. The van der Waals surface area contributed by atoms with Gasteiger partial charge in [-0.1, -0.05) is 0 Å². The Morgan fingerprint density at radius 1 is 0.897 bits per heavy atom. The van der Waals surface area contributed by atoms with Crippen molar-refractivity contribution in [1.82, 2.24) is 15.0 Å². The number of rotatable bonds is 6. The van der Waals surface area contributed by atoms with E-state index in [2.05, 4.69) is 15.0 Å². The fourth-order valence-electron chi connectivity index (χ4n) is 2.83. The van der Waals surface area contributed by atoms with Crippen LogP contribution in [0.1, 0.15) is 0 Å². The lowest BCUT2D eigenvalue weighted by Crippen LogP contribution is -2.03. The molecular weight excluding hydrogens is 410 g/mol. The highest BCUT2D eigenvalue weighted by molar-refractivity contribution is 7.93. The highest BCUT2D eigenvalue weighted by atomic mass is 32.2. The molecule has 1 N–H and O–H groups in total. The summed E-state index contributed by atoms with van der Waals surface area (Å²) in [4.78, 5) is 11.4. The molecule has 0 aliphatic rings. The van der Waals surface area contributed by atoms with Crippen molar-refractivity contribution in [3.63, 3.8) is 0 Å². The van der Waals surface area contributed by atoms with Gasteiger partial charge in [-0.2, -0.15) is 0 Å². The highest BCUT2D eigenvalue weighted by Crippen LogP contribution is 2.34. The first-order chi connectivity index (χ1) is 14.0. The van der Waals surface area contributed by atoms with Gasteiger partial charge in [-0.15, -0.1) is 11.3 Å². The minimum atomic E-state index is -3.85. The maximum absolute atomic E-state index is 12.9. The van der Waals surface area contributed by atoms with E-state index in [1.807, 2.05) is 36.4 Å². The van der Waals surface area contributed by atoms with E-state index in [1.165, 1.54) is 6.20 Å². The van der Waals surface area contributed by atoms with E-state index in [0.717, 1.165) is 22.5 Å². The molecule has 2 aromatic carbocycles. The molecule has 0 spiro atoms. The summed E-state index contributed by atoms with van der Waals surface area (Å²) < 4.78 is 36.3. The molecule has 0 amide bonds. The average molecular weight is 428 g/mol. The van der Waals surface area contributed by atoms with Gasteiger partial charge in [-0.3, -0.25) is 0 Å². The monoisotopic (exact) mass is 427 g/mol. The maximum atomic E-state index is 12.9. The smallest absolute Gasteiger partial charge is 0.266 e. The normalized spacial score (nSPS) is 11.4. The SMILES string of the molecule is COc1ccc(-c2nc(S(=O)(=O)c3nccs3)[nH]c2-c2ccc(OC)cc2)cc1. The summed E-state index contributed by atoms with van der Waals surface area (Å²) in [6, 6.07) is 14.6. The van der Waals surface area contributed by atoms with Gasteiger partial charge in [-0.25, -0.2) is 18.4 Å². The molecule has 0 saturated heterocycles. The van der Waals surface area contributed by atoms with Gasteiger partial charge in [0.15, 0.2) is 0 Å². The van der Waals surface area contributed by atoms with Crippen LogP contribution in [-0.4, -0.2) is 37.6 Å². The van der Waals surface area contributed by atoms with Crippen LogP contribution in [0.5, 0.6) is 11.5 Å². The third kappa shape index (κ3) is 3.62. The first-order valence-electron chi connectivity index (χ1n) is 8.56. The lowest BCUT2D eigenvalue weighted by molar-refractivity contribution is 0.414. The van der Waals surface area contributed by atoms with Crippen molar-refractivity contribution in [2.45, 2.75) is 9.50 Å². The predicted molar refractivity (Wildman–Crippen MR) is 110 cm³/mol. The van der Waals surface area contributed by atoms with Crippen molar-refractivity contribution >= 4 is 21.2 Å². The summed E-state index contributed by atoms with van der Waals surface area (Å²) in [6.45, 7) is 0. The maximum Gasteiger partial charge on any atom is 0.266 e. The molecular formula is C20H17N3O4S2. The molecule has 0 unspecified atom stereocenters. The van der Waals surface area contributed by atoms with Crippen molar-refractivity contribution in [3.05, 3.63) is 60.1 Å². The number of ether oxygens (including phenoxy) is 2. The van der Waals surface area contributed by atoms with Crippen LogP contribution in [-0.2, 0) is 9.84 Å². The molecule has 148 valence electrons. The van der Waals surface area contributed by atoms with Gasteiger partial charge in [0, 0.05) is 22.7 Å². The number of nitrogens with zero attached hydrogens (tertiary/aromatic N) is 2. The molecule has 2 heterocycles. The Bertz CT molecular complexity index is 1150. The van der Waals surface area contributed by atoms with E-state index in [9.17, 15) is 8.42 Å². The fraction of sp³-hybridized carbons (Fsp3) is 0.100. The van der Waals surface area contributed by atoms with Crippen LogP contribution in [0.4, 0.5) is 0 Å². The Hall–Kier alpha value is -3.17. The Morgan fingerprint density at radius 3 is 2.00 bits per heavy atom. The summed E-state index contributed by atoms with van der Waals surface area (Å²) in [6.07, 6.45) is 1.45. The van der Waals surface area contributed by atoms with Gasteiger partial charge in [-0.05, 0) is 48.5 Å². The molecule has 0 aliphatic carbocycles. The fourth-order valence-corrected chi connectivity index (χ4v) is 4.91. The molecule has 0 radical (unpaired) electrons. The minimum Gasteiger partial charge on any atom is -0.497 e. The van der Waals surface area contributed by atoms with Crippen LogP contribution in [0, 0.1) is 0 Å². The Kier molecular flexibility index (Phi) is 5.08.